The van der Waals surface area contributed by atoms with Crippen molar-refractivity contribution < 1.29 is 4.74 Å². The zero-order valence-electron chi connectivity index (χ0n) is 9.20. The number of piperidine rings is 1. The molecular weight excluding hydrogens is 200 g/mol. The second-order valence-corrected chi connectivity index (χ2v) is 4.04. The van der Waals surface area contributed by atoms with Crippen LogP contribution in [0.25, 0.3) is 0 Å². The first-order valence-electron chi connectivity index (χ1n) is 5.60. The van der Waals surface area contributed by atoms with Gasteiger partial charge < -0.3 is 10.1 Å². The van der Waals surface area contributed by atoms with Crippen molar-refractivity contribution in [3.05, 3.63) is 24.0 Å². The number of nitrogens with zero attached hydrogens (tertiary/aromatic N) is 1. The molecule has 1 aliphatic rings. The molecule has 3 heteroatoms. The summed E-state index contributed by atoms with van der Waals surface area (Å²) in [5, 5.41) is 3.54. The van der Waals surface area contributed by atoms with E-state index in [1.807, 2.05) is 12.3 Å². The zero-order chi connectivity index (χ0) is 10.5. The Balaban J connectivity index is 0.00000128. The third-order valence-electron chi connectivity index (χ3n) is 2.96. The van der Waals surface area contributed by atoms with E-state index in [1.165, 1.54) is 24.8 Å². The van der Waals surface area contributed by atoms with E-state index in [0.29, 0.717) is 6.04 Å². The molecule has 0 spiro atoms. The maximum absolute atomic E-state index is 5.32. The number of rotatable bonds is 3. The van der Waals surface area contributed by atoms with E-state index >= 15 is 0 Å². The number of aromatic nitrogens is 1. The molecule has 1 aromatic rings. The van der Waals surface area contributed by atoms with Crippen molar-refractivity contribution in [2.75, 3.05) is 13.7 Å². The molecule has 2 heterocycles. The van der Waals surface area contributed by atoms with Crippen LogP contribution in [0.2, 0.25) is 0 Å². The molecular formula is C13H22N2O. The van der Waals surface area contributed by atoms with Gasteiger partial charge in [0, 0.05) is 24.0 Å². The normalized spacial score (nSPS) is 19.9. The largest absolute Gasteiger partial charge is 0.496 e. The van der Waals surface area contributed by atoms with Gasteiger partial charge in [0.2, 0.25) is 0 Å². The lowest BCUT2D eigenvalue weighted by Crippen LogP contribution is -2.35. The monoisotopic (exact) mass is 222 g/mol. The molecule has 1 atom stereocenters. The number of nitrogens with one attached hydrogen (secondary N) is 1. The van der Waals surface area contributed by atoms with Crippen molar-refractivity contribution in [3.63, 3.8) is 0 Å². The summed E-state index contributed by atoms with van der Waals surface area (Å²) in [4.78, 5) is 4.15. The predicted octanol–water partition coefficient (Wildman–Crippen LogP) is 2.41. The van der Waals surface area contributed by atoms with Crippen molar-refractivity contribution in [3.8, 4) is 5.75 Å². The standard InChI is InChI=1S/C12H18N2O.CH4/c1-15-12-5-7-13-9-10(12)8-11-4-2-3-6-14-11;/h5,7,9,11,14H,2-4,6,8H2,1H3;1H4. The van der Waals surface area contributed by atoms with E-state index in [-0.39, 0.29) is 7.43 Å². The quantitative estimate of drug-likeness (QED) is 0.852. The fraction of sp³-hybridized carbons (Fsp3) is 0.615. The fourth-order valence-corrected chi connectivity index (χ4v) is 2.13. The van der Waals surface area contributed by atoms with Gasteiger partial charge in [0.05, 0.1) is 7.11 Å². The van der Waals surface area contributed by atoms with Crippen molar-refractivity contribution >= 4 is 0 Å². The Labute approximate surface area is 98.2 Å². The number of hydrogen-bond acceptors (Lipinski definition) is 3. The average molecular weight is 222 g/mol. The molecule has 1 unspecified atom stereocenters. The van der Waals surface area contributed by atoms with Crippen LogP contribution in [0.5, 0.6) is 5.75 Å². The minimum absolute atomic E-state index is 0. The summed E-state index contributed by atoms with van der Waals surface area (Å²) >= 11 is 0. The molecule has 0 saturated carbocycles. The van der Waals surface area contributed by atoms with Gasteiger partial charge in [-0.3, -0.25) is 4.98 Å². The van der Waals surface area contributed by atoms with Gasteiger partial charge in [-0.1, -0.05) is 13.8 Å². The highest BCUT2D eigenvalue weighted by Gasteiger charge is 2.14. The lowest BCUT2D eigenvalue weighted by Gasteiger charge is -2.23. The molecule has 0 radical (unpaired) electrons. The molecule has 3 nitrogen and oxygen atoms in total. The highest BCUT2D eigenvalue weighted by atomic mass is 16.5. The van der Waals surface area contributed by atoms with Crippen LogP contribution in [0.4, 0.5) is 0 Å². The van der Waals surface area contributed by atoms with Crippen LogP contribution in [-0.4, -0.2) is 24.7 Å². The van der Waals surface area contributed by atoms with Crippen LogP contribution in [0, 0.1) is 0 Å². The van der Waals surface area contributed by atoms with Crippen molar-refractivity contribution in [1.82, 2.24) is 10.3 Å². The Morgan fingerprint density at radius 3 is 3.06 bits per heavy atom. The molecule has 16 heavy (non-hydrogen) atoms. The van der Waals surface area contributed by atoms with Gasteiger partial charge in [0.25, 0.3) is 0 Å². The SMILES string of the molecule is C.COc1ccncc1CC1CCCCN1. The number of ether oxygens (including phenoxy) is 1. The van der Waals surface area contributed by atoms with E-state index in [2.05, 4.69) is 10.3 Å². The van der Waals surface area contributed by atoms with Gasteiger partial charge >= 0.3 is 0 Å². The van der Waals surface area contributed by atoms with E-state index in [4.69, 9.17) is 4.74 Å². The van der Waals surface area contributed by atoms with Gasteiger partial charge in [0.1, 0.15) is 5.75 Å². The van der Waals surface area contributed by atoms with E-state index in [1.54, 1.807) is 13.3 Å². The maximum atomic E-state index is 5.32. The first-order valence-corrected chi connectivity index (χ1v) is 5.60. The van der Waals surface area contributed by atoms with Crippen LogP contribution in [0.15, 0.2) is 18.5 Å². The predicted molar refractivity (Wildman–Crippen MR) is 66.9 cm³/mol. The second-order valence-electron chi connectivity index (χ2n) is 4.04. The summed E-state index contributed by atoms with van der Waals surface area (Å²) in [6.45, 7) is 1.15. The lowest BCUT2D eigenvalue weighted by molar-refractivity contribution is 0.381. The molecule has 1 N–H and O–H groups in total. The zero-order valence-corrected chi connectivity index (χ0v) is 9.20. The van der Waals surface area contributed by atoms with E-state index in [0.717, 1.165) is 18.7 Å². The summed E-state index contributed by atoms with van der Waals surface area (Å²) in [7, 11) is 1.72. The Kier molecular flexibility index (Phi) is 5.26. The maximum Gasteiger partial charge on any atom is 0.125 e. The molecule has 90 valence electrons. The van der Waals surface area contributed by atoms with E-state index < -0.39 is 0 Å². The Bertz CT molecular complexity index is 309. The summed E-state index contributed by atoms with van der Waals surface area (Å²) in [5.74, 6) is 0.956. The number of methoxy groups -OCH3 is 1. The minimum atomic E-state index is 0. The van der Waals surface area contributed by atoms with Crippen molar-refractivity contribution in [1.29, 1.82) is 0 Å². The average Bonchev–Trinajstić information content (AvgIpc) is 2.31. The summed E-state index contributed by atoms with van der Waals surface area (Å²) < 4.78 is 5.32. The molecule has 1 fully saturated rings. The Hall–Kier alpha value is -1.09. The van der Waals surface area contributed by atoms with Crippen LogP contribution in [0.1, 0.15) is 32.3 Å². The number of pyridine rings is 1. The molecule has 0 bridgehead atoms. The van der Waals surface area contributed by atoms with Gasteiger partial charge in [-0.2, -0.15) is 0 Å². The molecule has 0 aromatic carbocycles. The fourth-order valence-electron chi connectivity index (χ4n) is 2.13. The number of hydrogen-bond donors (Lipinski definition) is 1. The van der Waals surface area contributed by atoms with Gasteiger partial charge in [-0.25, -0.2) is 0 Å². The van der Waals surface area contributed by atoms with Crippen molar-refractivity contribution in [2.45, 2.75) is 39.2 Å². The third kappa shape index (κ3) is 3.20. The highest BCUT2D eigenvalue weighted by molar-refractivity contribution is 5.30. The minimum Gasteiger partial charge on any atom is -0.496 e. The van der Waals surface area contributed by atoms with Crippen LogP contribution in [-0.2, 0) is 6.42 Å². The molecule has 0 aliphatic carbocycles. The van der Waals surface area contributed by atoms with Gasteiger partial charge in [0.15, 0.2) is 0 Å². The molecule has 1 saturated heterocycles. The summed E-state index contributed by atoms with van der Waals surface area (Å²) in [6.07, 6.45) is 8.61. The molecule has 2 rings (SSSR count). The van der Waals surface area contributed by atoms with Crippen LogP contribution in [0.3, 0.4) is 0 Å². The Morgan fingerprint density at radius 1 is 1.50 bits per heavy atom. The van der Waals surface area contributed by atoms with E-state index in [9.17, 15) is 0 Å². The molecule has 1 aromatic heterocycles. The van der Waals surface area contributed by atoms with Crippen LogP contribution < -0.4 is 10.1 Å². The first-order chi connectivity index (χ1) is 7.40. The van der Waals surface area contributed by atoms with Gasteiger partial charge in [-0.05, 0) is 31.9 Å². The van der Waals surface area contributed by atoms with Crippen molar-refractivity contribution in [2.24, 2.45) is 0 Å². The second kappa shape index (κ2) is 6.48. The smallest absolute Gasteiger partial charge is 0.125 e. The van der Waals surface area contributed by atoms with Gasteiger partial charge in [-0.15, -0.1) is 0 Å². The van der Waals surface area contributed by atoms with Crippen LogP contribution >= 0.6 is 0 Å². The highest BCUT2D eigenvalue weighted by Crippen LogP contribution is 2.20. The Morgan fingerprint density at radius 2 is 2.38 bits per heavy atom. The molecule has 0 amide bonds. The molecule has 1 aliphatic heterocycles. The topological polar surface area (TPSA) is 34.1 Å². The summed E-state index contributed by atoms with van der Waals surface area (Å²) in [5.41, 5.74) is 1.21. The first kappa shape index (κ1) is 13.0. The summed E-state index contributed by atoms with van der Waals surface area (Å²) in [6, 6.07) is 2.52. The lowest BCUT2D eigenvalue weighted by atomic mass is 9.98. The third-order valence-corrected chi connectivity index (χ3v) is 2.96.